The van der Waals surface area contributed by atoms with Crippen LogP contribution in [0.5, 0.6) is 5.88 Å². The minimum absolute atomic E-state index is 0.0562. The number of aryl methyl sites for hydroxylation is 1. The van der Waals surface area contributed by atoms with Gasteiger partial charge in [-0.2, -0.15) is 0 Å². The minimum Gasteiger partial charge on any atom is -0.494 e. The van der Waals surface area contributed by atoms with E-state index in [1.165, 1.54) is 0 Å². The maximum atomic E-state index is 12.4. The number of H-pyrrole nitrogens is 1. The van der Waals surface area contributed by atoms with E-state index in [2.05, 4.69) is 15.0 Å². The third kappa shape index (κ3) is 4.46. The lowest BCUT2D eigenvalue weighted by Crippen LogP contribution is -2.34. The van der Waals surface area contributed by atoms with E-state index >= 15 is 0 Å². The van der Waals surface area contributed by atoms with Crippen molar-refractivity contribution in [2.75, 3.05) is 6.54 Å². The number of rotatable bonds is 8. The van der Waals surface area contributed by atoms with E-state index in [9.17, 15) is 14.7 Å². The minimum atomic E-state index is -0.648. The second-order valence-corrected chi connectivity index (χ2v) is 6.37. The van der Waals surface area contributed by atoms with Crippen LogP contribution in [0, 0.1) is 0 Å². The first-order valence-corrected chi connectivity index (χ1v) is 9.19. The zero-order chi connectivity index (χ0) is 19.9. The number of hydrogen-bond donors (Lipinski definition) is 2. The van der Waals surface area contributed by atoms with Crippen molar-refractivity contribution in [3.05, 3.63) is 81.0 Å². The molecule has 28 heavy (non-hydrogen) atoms. The number of aromatic amines is 1. The molecule has 0 spiro atoms. The molecule has 2 aromatic heterocycles. The van der Waals surface area contributed by atoms with Gasteiger partial charge in [-0.15, -0.1) is 0 Å². The highest BCUT2D eigenvalue weighted by Crippen LogP contribution is 2.15. The third-order valence-electron chi connectivity index (χ3n) is 4.42. The molecule has 0 unspecified atom stereocenters. The molecule has 0 saturated heterocycles. The Morgan fingerprint density at radius 2 is 2.04 bits per heavy atom. The van der Waals surface area contributed by atoms with E-state index < -0.39 is 11.2 Å². The summed E-state index contributed by atoms with van der Waals surface area (Å²) in [5.74, 6) is -0.354. The number of nitrogens with one attached hydrogen (secondary N) is 1. The van der Waals surface area contributed by atoms with Gasteiger partial charge in [0.2, 0.25) is 5.88 Å². The fourth-order valence-corrected chi connectivity index (χ4v) is 2.99. The Morgan fingerprint density at radius 3 is 2.71 bits per heavy atom. The molecule has 3 rings (SSSR count). The molecule has 0 atom stereocenters. The molecule has 0 aliphatic carbocycles. The first kappa shape index (κ1) is 19.3. The molecule has 2 N–H and O–H groups in total. The molecule has 0 aliphatic heterocycles. The molecule has 8 heteroatoms. The summed E-state index contributed by atoms with van der Waals surface area (Å²) in [6.45, 7) is 3.28. The van der Waals surface area contributed by atoms with Crippen molar-refractivity contribution in [3.8, 4) is 5.88 Å². The van der Waals surface area contributed by atoms with Crippen LogP contribution in [0.4, 0.5) is 0 Å². The van der Waals surface area contributed by atoms with Crippen LogP contribution in [-0.4, -0.2) is 36.5 Å². The molecule has 8 nitrogen and oxygen atoms in total. The lowest BCUT2D eigenvalue weighted by atomic mass is 10.1. The number of aromatic nitrogens is 4. The van der Waals surface area contributed by atoms with Crippen molar-refractivity contribution in [1.29, 1.82) is 0 Å². The highest BCUT2D eigenvalue weighted by atomic mass is 16.3. The SMILES string of the molecule is CCC(=NCCCn1ccnc1)c1c(O)n(Cc2ccccc2)c(=O)[nH]c1=O. The molecular formula is C20H23N5O3. The highest BCUT2D eigenvalue weighted by Gasteiger charge is 2.18. The summed E-state index contributed by atoms with van der Waals surface area (Å²) in [5.41, 5.74) is 0.104. The van der Waals surface area contributed by atoms with Gasteiger partial charge >= 0.3 is 5.69 Å². The second kappa shape index (κ2) is 8.98. The second-order valence-electron chi connectivity index (χ2n) is 6.37. The zero-order valence-electron chi connectivity index (χ0n) is 15.7. The Kier molecular flexibility index (Phi) is 6.21. The lowest BCUT2D eigenvalue weighted by molar-refractivity contribution is 0.407. The third-order valence-corrected chi connectivity index (χ3v) is 4.42. The summed E-state index contributed by atoms with van der Waals surface area (Å²) in [6.07, 6.45) is 6.56. The van der Waals surface area contributed by atoms with Gasteiger partial charge in [-0.25, -0.2) is 9.78 Å². The van der Waals surface area contributed by atoms with Crippen molar-refractivity contribution >= 4 is 5.71 Å². The molecule has 2 heterocycles. The number of aromatic hydroxyl groups is 1. The number of aliphatic imine (C=N–C) groups is 1. The average Bonchev–Trinajstić information content (AvgIpc) is 3.21. The van der Waals surface area contributed by atoms with Crippen LogP contribution in [0.15, 0.2) is 63.6 Å². The molecular weight excluding hydrogens is 358 g/mol. The summed E-state index contributed by atoms with van der Waals surface area (Å²) in [4.78, 5) is 35.4. The predicted octanol–water partition coefficient (Wildman–Crippen LogP) is 1.78. The topological polar surface area (TPSA) is 105 Å². The zero-order valence-corrected chi connectivity index (χ0v) is 15.7. The summed E-state index contributed by atoms with van der Waals surface area (Å²) < 4.78 is 3.11. The smallest absolute Gasteiger partial charge is 0.331 e. The predicted molar refractivity (Wildman–Crippen MR) is 107 cm³/mol. The van der Waals surface area contributed by atoms with Crippen molar-refractivity contribution in [3.63, 3.8) is 0 Å². The molecule has 0 amide bonds. The fourth-order valence-electron chi connectivity index (χ4n) is 2.99. The van der Waals surface area contributed by atoms with Crippen molar-refractivity contribution in [2.45, 2.75) is 32.9 Å². The molecule has 1 aromatic carbocycles. The van der Waals surface area contributed by atoms with Crippen LogP contribution < -0.4 is 11.2 Å². The van der Waals surface area contributed by atoms with Crippen molar-refractivity contribution < 1.29 is 5.11 Å². The van der Waals surface area contributed by atoms with E-state index in [1.807, 2.05) is 48.0 Å². The molecule has 146 valence electrons. The van der Waals surface area contributed by atoms with Gasteiger partial charge in [0.15, 0.2) is 0 Å². The summed E-state index contributed by atoms with van der Waals surface area (Å²) in [5, 5.41) is 10.7. The van der Waals surface area contributed by atoms with Gasteiger partial charge in [-0.3, -0.25) is 19.3 Å². The van der Waals surface area contributed by atoms with Gasteiger partial charge in [0, 0.05) is 25.5 Å². The molecule has 0 saturated carbocycles. The normalized spacial score (nSPS) is 11.7. The van der Waals surface area contributed by atoms with Gasteiger partial charge in [-0.05, 0) is 18.4 Å². The molecule has 0 fully saturated rings. The number of nitrogens with zero attached hydrogens (tertiary/aromatic N) is 4. The number of hydrogen-bond acceptors (Lipinski definition) is 5. The molecule has 3 aromatic rings. The monoisotopic (exact) mass is 381 g/mol. The Balaban J connectivity index is 1.86. The van der Waals surface area contributed by atoms with Crippen LogP contribution in [0.2, 0.25) is 0 Å². The van der Waals surface area contributed by atoms with Crippen LogP contribution in [0.1, 0.15) is 30.9 Å². The molecule has 0 bridgehead atoms. The standard InChI is InChI=1S/C20H23N5O3/c1-2-16(22-9-6-11-24-12-10-21-14-24)17-18(26)23-20(28)25(19(17)27)13-15-7-4-3-5-8-15/h3-5,7-8,10,12,14,27H,2,6,9,11,13H2,1H3,(H,23,26,28). The molecule has 0 aliphatic rings. The number of imidazole rings is 1. The van der Waals surface area contributed by atoms with Gasteiger partial charge in [0.1, 0.15) is 5.56 Å². The largest absolute Gasteiger partial charge is 0.494 e. The van der Waals surface area contributed by atoms with E-state index in [0.29, 0.717) is 18.7 Å². The lowest BCUT2D eigenvalue weighted by Gasteiger charge is -2.12. The quantitative estimate of drug-likeness (QED) is 0.458. The van der Waals surface area contributed by atoms with Gasteiger partial charge in [0.25, 0.3) is 5.56 Å². The Bertz CT molecular complexity index is 1050. The first-order chi connectivity index (χ1) is 13.6. The van der Waals surface area contributed by atoms with E-state index in [1.54, 1.807) is 12.5 Å². The highest BCUT2D eigenvalue weighted by molar-refractivity contribution is 6.01. The van der Waals surface area contributed by atoms with E-state index in [0.717, 1.165) is 23.1 Å². The fraction of sp³-hybridized carbons (Fsp3) is 0.300. The summed E-state index contributed by atoms with van der Waals surface area (Å²) in [6, 6.07) is 9.27. The van der Waals surface area contributed by atoms with Gasteiger partial charge in [0.05, 0.1) is 18.6 Å². The van der Waals surface area contributed by atoms with Gasteiger partial charge < -0.3 is 9.67 Å². The maximum absolute atomic E-state index is 12.4. The van der Waals surface area contributed by atoms with Crippen LogP contribution in [-0.2, 0) is 13.1 Å². The average molecular weight is 381 g/mol. The Labute approximate surface area is 161 Å². The van der Waals surface area contributed by atoms with Crippen LogP contribution in [0.3, 0.4) is 0 Å². The maximum Gasteiger partial charge on any atom is 0.331 e. The molecule has 0 radical (unpaired) electrons. The van der Waals surface area contributed by atoms with Crippen LogP contribution >= 0.6 is 0 Å². The summed E-state index contributed by atoms with van der Waals surface area (Å²) >= 11 is 0. The summed E-state index contributed by atoms with van der Waals surface area (Å²) in [7, 11) is 0. The Hall–Kier alpha value is -3.42. The van der Waals surface area contributed by atoms with E-state index in [4.69, 9.17) is 0 Å². The van der Waals surface area contributed by atoms with Crippen molar-refractivity contribution in [2.24, 2.45) is 4.99 Å². The Morgan fingerprint density at radius 1 is 1.25 bits per heavy atom. The van der Waals surface area contributed by atoms with E-state index in [-0.39, 0.29) is 18.0 Å². The van der Waals surface area contributed by atoms with Gasteiger partial charge in [-0.1, -0.05) is 37.3 Å². The van der Waals surface area contributed by atoms with Crippen molar-refractivity contribution in [1.82, 2.24) is 19.1 Å². The first-order valence-electron chi connectivity index (χ1n) is 9.19. The number of benzene rings is 1. The van der Waals surface area contributed by atoms with Crippen LogP contribution in [0.25, 0.3) is 0 Å².